The summed E-state index contributed by atoms with van der Waals surface area (Å²) in [6, 6.07) is 0. The Morgan fingerprint density at radius 1 is 1.29 bits per heavy atom. The zero-order valence-corrected chi connectivity index (χ0v) is 11.3. The minimum atomic E-state index is -1.46. The van der Waals surface area contributed by atoms with Gasteiger partial charge in [-0.25, -0.2) is 0 Å². The van der Waals surface area contributed by atoms with Gasteiger partial charge in [-0.05, 0) is 46.3 Å². The average Bonchev–Trinajstić information content (AvgIpc) is 1.98. The monoisotopic (exact) mass is 212 g/mol. The first-order valence-electron chi connectivity index (χ1n) is 5.25. The molecule has 0 bridgehead atoms. The van der Waals surface area contributed by atoms with Crippen molar-refractivity contribution in [3.8, 4) is 0 Å². The van der Waals surface area contributed by atoms with Gasteiger partial charge in [0.25, 0.3) is 0 Å². The summed E-state index contributed by atoms with van der Waals surface area (Å²) in [6.07, 6.45) is 8.09. The van der Waals surface area contributed by atoms with E-state index in [4.69, 9.17) is 4.43 Å². The van der Waals surface area contributed by atoms with Crippen molar-refractivity contribution in [3.63, 3.8) is 0 Å². The van der Waals surface area contributed by atoms with E-state index in [1.807, 2.05) is 13.0 Å². The van der Waals surface area contributed by atoms with Gasteiger partial charge in [0.05, 0.1) is 5.60 Å². The van der Waals surface area contributed by atoms with Crippen LogP contribution in [0.15, 0.2) is 24.8 Å². The van der Waals surface area contributed by atoms with Crippen LogP contribution >= 0.6 is 0 Å². The maximum absolute atomic E-state index is 6.18. The number of allylic oxidation sites excluding steroid dienone is 1. The second-order valence-corrected chi connectivity index (χ2v) is 9.36. The summed E-state index contributed by atoms with van der Waals surface area (Å²) in [5.41, 5.74) is -0.0568. The lowest BCUT2D eigenvalue weighted by atomic mass is 9.98. The Morgan fingerprint density at radius 2 is 1.86 bits per heavy atom. The Hall–Kier alpha value is -0.343. The molecule has 1 nitrogen and oxygen atoms in total. The van der Waals surface area contributed by atoms with Crippen molar-refractivity contribution in [2.45, 2.75) is 51.9 Å². The largest absolute Gasteiger partial charge is 0.412 e. The van der Waals surface area contributed by atoms with Crippen LogP contribution in [-0.4, -0.2) is 13.9 Å². The summed E-state index contributed by atoms with van der Waals surface area (Å²) in [5, 5.41) is 0. The topological polar surface area (TPSA) is 9.23 Å². The third kappa shape index (κ3) is 6.16. The summed E-state index contributed by atoms with van der Waals surface area (Å²) in [5.74, 6) is 0. The molecule has 0 saturated heterocycles. The lowest BCUT2D eigenvalue weighted by Crippen LogP contribution is -2.39. The van der Waals surface area contributed by atoms with E-state index in [-0.39, 0.29) is 5.60 Å². The fourth-order valence-electron chi connectivity index (χ4n) is 1.58. The van der Waals surface area contributed by atoms with E-state index in [9.17, 15) is 0 Å². The number of hydrogen-bond donors (Lipinski definition) is 0. The molecule has 0 amide bonds. The van der Waals surface area contributed by atoms with Gasteiger partial charge in [0.15, 0.2) is 8.32 Å². The maximum atomic E-state index is 6.18. The van der Waals surface area contributed by atoms with E-state index < -0.39 is 8.32 Å². The molecular formula is C12H24OSi. The first-order chi connectivity index (χ1) is 6.33. The van der Waals surface area contributed by atoms with Gasteiger partial charge in [0.1, 0.15) is 0 Å². The first-order valence-corrected chi connectivity index (χ1v) is 8.66. The Kier molecular flexibility index (Phi) is 5.38. The van der Waals surface area contributed by atoms with E-state index in [1.165, 1.54) is 0 Å². The zero-order valence-electron chi connectivity index (χ0n) is 10.3. The van der Waals surface area contributed by atoms with Gasteiger partial charge in [-0.1, -0.05) is 18.2 Å². The van der Waals surface area contributed by atoms with Crippen LogP contribution in [0.25, 0.3) is 0 Å². The molecule has 14 heavy (non-hydrogen) atoms. The van der Waals surface area contributed by atoms with Crippen LogP contribution in [0.4, 0.5) is 0 Å². The fraction of sp³-hybridized carbons (Fsp3) is 0.667. The Morgan fingerprint density at radius 3 is 2.21 bits per heavy atom. The molecule has 2 heteroatoms. The smallest absolute Gasteiger partial charge is 0.184 e. The molecule has 1 unspecified atom stereocenters. The van der Waals surface area contributed by atoms with Gasteiger partial charge in [-0.2, -0.15) is 0 Å². The molecule has 0 aromatic rings. The van der Waals surface area contributed by atoms with E-state index in [2.05, 4.69) is 45.3 Å². The quantitative estimate of drug-likeness (QED) is 0.475. The molecule has 0 aromatic heterocycles. The minimum Gasteiger partial charge on any atom is -0.412 e. The summed E-state index contributed by atoms with van der Waals surface area (Å²) in [6.45, 7) is 14.7. The molecule has 0 spiro atoms. The van der Waals surface area contributed by atoms with Crippen molar-refractivity contribution in [1.82, 2.24) is 0 Å². The van der Waals surface area contributed by atoms with Gasteiger partial charge < -0.3 is 4.43 Å². The summed E-state index contributed by atoms with van der Waals surface area (Å²) in [7, 11) is -1.46. The third-order valence-corrected chi connectivity index (χ3v) is 3.02. The van der Waals surface area contributed by atoms with E-state index in [0.29, 0.717) is 0 Å². The molecule has 0 aliphatic heterocycles. The summed E-state index contributed by atoms with van der Waals surface area (Å²) < 4.78 is 6.18. The first kappa shape index (κ1) is 13.7. The lowest BCUT2D eigenvalue weighted by Gasteiger charge is -2.35. The molecule has 1 atom stereocenters. The highest BCUT2D eigenvalue weighted by Crippen LogP contribution is 2.25. The molecular weight excluding hydrogens is 188 g/mol. The summed E-state index contributed by atoms with van der Waals surface area (Å²) >= 11 is 0. The Labute approximate surface area is 90.0 Å². The zero-order chi connectivity index (χ0) is 11.2. The van der Waals surface area contributed by atoms with Gasteiger partial charge in [-0.3, -0.25) is 0 Å². The van der Waals surface area contributed by atoms with Crippen LogP contribution in [0.2, 0.25) is 19.6 Å². The van der Waals surface area contributed by atoms with Crippen molar-refractivity contribution in [3.05, 3.63) is 24.8 Å². The Bertz CT molecular complexity index is 203. The van der Waals surface area contributed by atoms with Crippen LogP contribution in [0.3, 0.4) is 0 Å². The van der Waals surface area contributed by atoms with Crippen molar-refractivity contribution in [1.29, 1.82) is 0 Å². The van der Waals surface area contributed by atoms with Crippen LogP contribution in [0, 0.1) is 0 Å². The fourth-order valence-corrected chi connectivity index (χ4v) is 3.22. The van der Waals surface area contributed by atoms with E-state index >= 15 is 0 Å². The molecule has 0 heterocycles. The second-order valence-electron chi connectivity index (χ2n) is 4.93. The van der Waals surface area contributed by atoms with Crippen molar-refractivity contribution in [2.75, 3.05) is 0 Å². The molecule has 0 aliphatic rings. The van der Waals surface area contributed by atoms with Crippen LogP contribution in [0.1, 0.15) is 26.7 Å². The van der Waals surface area contributed by atoms with Gasteiger partial charge in [-0.15, -0.1) is 6.58 Å². The predicted molar refractivity (Wildman–Crippen MR) is 67.1 cm³/mol. The number of hydrogen-bond acceptors (Lipinski definition) is 1. The predicted octanol–water partition coefficient (Wildman–Crippen LogP) is 4.14. The highest BCUT2D eigenvalue weighted by Gasteiger charge is 2.29. The number of rotatable bonds is 6. The van der Waals surface area contributed by atoms with E-state index in [1.54, 1.807) is 0 Å². The lowest BCUT2D eigenvalue weighted by molar-refractivity contribution is 0.0869. The molecule has 0 radical (unpaired) electrons. The molecule has 82 valence electrons. The third-order valence-electron chi connectivity index (χ3n) is 1.91. The van der Waals surface area contributed by atoms with Gasteiger partial charge >= 0.3 is 0 Å². The molecule has 0 aromatic carbocycles. The highest BCUT2D eigenvalue weighted by molar-refractivity contribution is 6.69. The standard InChI is InChI=1S/C12H24OSi/c1-7-9-11-12(3,10-8-2)13-14(4,5)6/h7-9H,2,10-11H2,1,3-6H3/b9-7+. The molecule has 0 N–H and O–H groups in total. The van der Waals surface area contributed by atoms with Crippen molar-refractivity contribution in [2.24, 2.45) is 0 Å². The normalized spacial score (nSPS) is 16.9. The summed E-state index contributed by atoms with van der Waals surface area (Å²) in [4.78, 5) is 0. The van der Waals surface area contributed by atoms with Crippen molar-refractivity contribution < 1.29 is 4.43 Å². The molecule has 0 rings (SSSR count). The maximum Gasteiger partial charge on any atom is 0.184 e. The average molecular weight is 212 g/mol. The SMILES string of the molecule is C=CCC(C)(C/C=C/C)O[Si](C)(C)C. The van der Waals surface area contributed by atoms with E-state index in [0.717, 1.165) is 12.8 Å². The van der Waals surface area contributed by atoms with Gasteiger partial charge in [0, 0.05) is 0 Å². The second kappa shape index (κ2) is 5.52. The minimum absolute atomic E-state index is 0.0568. The molecule has 0 fully saturated rings. The van der Waals surface area contributed by atoms with Gasteiger partial charge in [0.2, 0.25) is 0 Å². The van der Waals surface area contributed by atoms with Crippen LogP contribution in [0.5, 0.6) is 0 Å². The molecule has 0 saturated carbocycles. The Balaban J connectivity index is 4.45. The van der Waals surface area contributed by atoms with Crippen LogP contribution in [-0.2, 0) is 4.43 Å². The van der Waals surface area contributed by atoms with Crippen molar-refractivity contribution >= 4 is 8.32 Å². The van der Waals surface area contributed by atoms with Crippen LogP contribution < -0.4 is 0 Å². The molecule has 0 aliphatic carbocycles. The highest BCUT2D eigenvalue weighted by atomic mass is 28.4.